The van der Waals surface area contributed by atoms with Gasteiger partial charge in [0.1, 0.15) is 5.54 Å². The topological polar surface area (TPSA) is 44.6 Å². The van der Waals surface area contributed by atoms with Crippen molar-refractivity contribution >= 4 is 5.91 Å². The molecule has 2 aliphatic rings. The standard InChI is InChI=1S/C16H27N5O/c1-4-21-10-9-18(2)16(15(21)22)5-7-20(8-6-16)13-14-11-17-19(3)12-14/h11-12H,4-10,13H2,1-3H3. The fraction of sp³-hybridized carbons (Fsp3) is 0.750. The summed E-state index contributed by atoms with van der Waals surface area (Å²) in [7, 11) is 4.06. The Kier molecular flexibility index (Phi) is 4.23. The van der Waals surface area contributed by atoms with E-state index < -0.39 is 0 Å². The number of aromatic nitrogens is 2. The maximum atomic E-state index is 12.9. The van der Waals surface area contributed by atoms with E-state index in [0.29, 0.717) is 5.91 Å². The summed E-state index contributed by atoms with van der Waals surface area (Å²) in [6.07, 6.45) is 5.86. The van der Waals surface area contributed by atoms with E-state index in [1.807, 2.05) is 22.8 Å². The van der Waals surface area contributed by atoms with E-state index in [4.69, 9.17) is 0 Å². The number of carbonyl (C=O) groups excluding carboxylic acids is 1. The van der Waals surface area contributed by atoms with Gasteiger partial charge in [-0.1, -0.05) is 0 Å². The molecule has 1 aromatic heterocycles. The van der Waals surface area contributed by atoms with Gasteiger partial charge in [-0.05, 0) is 26.8 Å². The van der Waals surface area contributed by atoms with Gasteiger partial charge in [-0.3, -0.25) is 19.3 Å². The third-order valence-electron chi connectivity index (χ3n) is 5.35. The van der Waals surface area contributed by atoms with Crippen LogP contribution in [0.15, 0.2) is 12.4 Å². The number of piperazine rings is 1. The molecule has 0 aliphatic carbocycles. The highest BCUT2D eigenvalue weighted by Gasteiger charge is 2.48. The molecule has 1 spiro atoms. The van der Waals surface area contributed by atoms with Crippen molar-refractivity contribution in [1.82, 2.24) is 24.5 Å². The van der Waals surface area contributed by atoms with Crippen molar-refractivity contribution in [1.29, 1.82) is 0 Å². The number of hydrogen-bond donors (Lipinski definition) is 0. The first-order chi connectivity index (χ1) is 10.5. The van der Waals surface area contributed by atoms with Gasteiger partial charge in [0.15, 0.2) is 0 Å². The lowest BCUT2D eigenvalue weighted by Crippen LogP contribution is -2.67. The summed E-state index contributed by atoms with van der Waals surface area (Å²) in [5.74, 6) is 0.338. The van der Waals surface area contributed by atoms with Gasteiger partial charge in [0.05, 0.1) is 6.20 Å². The second-order valence-corrected chi connectivity index (χ2v) is 6.64. The van der Waals surface area contributed by atoms with Crippen LogP contribution in [-0.2, 0) is 18.4 Å². The van der Waals surface area contributed by atoms with Crippen LogP contribution >= 0.6 is 0 Å². The van der Waals surface area contributed by atoms with E-state index in [0.717, 1.165) is 52.1 Å². The minimum Gasteiger partial charge on any atom is -0.340 e. The van der Waals surface area contributed by atoms with E-state index in [-0.39, 0.29) is 5.54 Å². The van der Waals surface area contributed by atoms with Gasteiger partial charge in [-0.2, -0.15) is 5.10 Å². The van der Waals surface area contributed by atoms with Crippen molar-refractivity contribution in [3.63, 3.8) is 0 Å². The second kappa shape index (κ2) is 6.01. The highest BCUT2D eigenvalue weighted by atomic mass is 16.2. The molecule has 22 heavy (non-hydrogen) atoms. The van der Waals surface area contributed by atoms with Crippen LogP contribution in [-0.4, -0.2) is 75.7 Å². The predicted molar refractivity (Wildman–Crippen MR) is 85.3 cm³/mol. The lowest BCUT2D eigenvalue weighted by molar-refractivity contribution is -0.154. The van der Waals surface area contributed by atoms with Crippen LogP contribution in [0, 0.1) is 0 Å². The zero-order valence-corrected chi connectivity index (χ0v) is 14.0. The minimum absolute atomic E-state index is 0.264. The van der Waals surface area contributed by atoms with Crippen LogP contribution in [0.3, 0.4) is 0 Å². The normalized spacial score (nSPS) is 23.4. The van der Waals surface area contributed by atoms with Crippen molar-refractivity contribution < 1.29 is 4.79 Å². The number of nitrogens with zero attached hydrogens (tertiary/aromatic N) is 5. The molecular weight excluding hydrogens is 278 g/mol. The third kappa shape index (κ3) is 2.65. The summed E-state index contributed by atoms with van der Waals surface area (Å²) in [5.41, 5.74) is 0.983. The fourth-order valence-electron chi connectivity index (χ4n) is 3.83. The number of amides is 1. The Morgan fingerprint density at radius 1 is 1.18 bits per heavy atom. The van der Waals surface area contributed by atoms with E-state index in [2.05, 4.69) is 35.1 Å². The zero-order valence-electron chi connectivity index (χ0n) is 14.0. The van der Waals surface area contributed by atoms with Gasteiger partial charge in [-0.15, -0.1) is 0 Å². The minimum atomic E-state index is -0.264. The molecule has 2 saturated heterocycles. The first-order valence-corrected chi connectivity index (χ1v) is 8.25. The number of likely N-dealkylation sites (N-methyl/N-ethyl adjacent to an activating group) is 2. The molecule has 3 heterocycles. The van der Waals surface area contributed by atoms with Crippen molar-refractivity contribution in [2.45, 2.75) is 31.8 Å². The number of piperidine rings is 1. The molecule has 6 heteroatoms. The van der Waals surface area contributed by atoms with E-state index >= 15 is 0 Å². The summed E-state index contributed by atoms with van der Waals surface area (Å²) in [5, 5.41) is 4.23. The molecule has 1 aromatic rings. The lowest BCUT2D eigenvalue weighted by atomic mass is 9.82. The molecule has 0 atom stereocenters. The Labute approximate surface area is 132 Å². The third-order valence-corrected chi connectivity index (χ3v) is 5.35. The molecule has 2 aliphatic heterocycles. The zero-order chi connectivity index (χ0) is 15.7. The monoisotopic (exact) mass is 305 g/mol. The number of hydrogen-bond acceptors (Lipinski definition) is 4. The summed E-state index contributed by atoms with van der Waals surface area (Å²) >= 11 is 0. The molecule has 6 nitrogen and oxygen atoms in total. The second-order valence-electron chi connectivity index (χ2n) is 6.64. The maximum absolute atomic E-state index is 12.9. The molecule has 0 N–H and O–H groups in total. The van der Waals surface area contributed by atoms with Crippen molar-refractivity contribution in [2.24, 2.45) is 7.05 Å². The Hall–Kier alpha value is -1.40. The molecule has 3 rings (SSSR count). The van der Waals surface area contributed by atoms with Gasteiger partial charge in [0.2, 0.25) is 5.91 Å². The molecule has 122 valence electrons. The first-order valence-electron chi connectivity index (χ1n) is 8.25. The summed E-state index contributed by atoms with van der Waals surface area (Å²) in [6, 6.07) is 0. The summed E-state index contributed by atoms with van der Waals surface area (Å²) in [6.45, 7) is 7.64. The maximum Gasteiger partial charge on any atom is 0.243 e. The molecule has 1 amide bonds. The number of aryl methyl sites for hydroxylation is 1. The van der Waals surface area contributed by atoms with Crippen molar-refractivity contribution in [3.8, 4) is 0 Å². The largest absolute Gasteiger partial charge is 0.340 e. The highest BCUT2D eigenvalue weighted by Crippen LogP contribution is 2.33. The molecule has 0 radical (unpaired) electrons. The Morgan fingerprint density at radius 3 is 2.50 bits per heavy atom. The molecule has 0 unspecified atom stereocenters. The quantitative estimate of drug-likeness (QED) is 0.818. The number of likely N-dealkylation sites (tertiary alicyclic amines) is 1. The van der Waals surface area contributed by atoms with Crippen molar-refractivity contribution in [2.75, 3.05) is 39.8 Å². The molecule has 2 fully saturated rings. The average Bonchev–Trinajstić information content (AvgIpc) is 2.92. The average molecular weight is 305 g/mol. The van der Waals surface area contributed by atoms with Crippen LogP contribution in [0.5, 0.6) is 0 Å². The predicted octanol–water partition coefficient (Wildman–Crippen LogP) is 0.549. The fourth-order valence-corrected chi connectivity index (χ4v) is 3.83. The van der Waals surface area contributed by atoms with Crippen LogP contribution in [0.2, 0.25) is 0 Å². The van der Waals surface area contributed by atoms with Gasteiger partial charge in [0.25, 0.3) is 0 Å². The number of carbonyl (C=O) groups is 1. The molecule has 0 saturated carbocycles. The Morgan fingerprint density at radius 2 is 1.91 bits per heavy atom. The lowest BCUT2D eigenvalue weighted by Gasteiger charge is -2.51. The van der Waals surface area contributed by atoms with Crippen LogP contribution in [0.4, 0.5) is 0 Å². The SMILES string of the molecule is CCN1CCN(C)C2(CCN(Cc3cnn(C)c3)CC2)C1=O. The van der Waals surface area contributed by atoms with Gasteiger partial charge < -0.3 is 4.90 Å². The number of rotatable bonds is 3. The molecular formula is C16H27N5O. The highest BCUT2D eigenvalue weighted by molar-refractivity contribution is 5.87. The summed E-state index contributed by atoms with van der Waals surface area (Å²) < 4.78 is 1.85. The Balaban J connectivity index is 1.65. The molecule has 0 aromatic carbocycles. The van der Waals surface area contributed by atoms with E-state index in [1.165, 1.54) is 5.56 Å². The van der Waals surface area contributed by atoms with Gasteiger partial charge in [-0.25, -0.2) is 0 Å². The first kappa shape index (κ1) is 15.5. The van der Waals surface area contributed by atoms with Gasteiger partial charge in [0, 0.05) is 58.1 Å². The van der Waals surface area contributed by atoms with Crippen LogP contribution < -0.4 is 0 Å². The van der Waals surface area contributed by atoms with E-state index in [9.17, 15) is 4.79 Å². The molecule has 0 bridgehead atoms. The van der Waals surface area contributed by atoms with E-state index in [1.54, 1.807) is 0 Å². The van der Waals surface area contributed by atoms with Crippen LogP contribution in [0.25, 0.3) is 0 Å². The van der Waals surface area contributed by atoms with Crippen molar-refractivity contribution in [3.05, 3.63) is 18.0 Å². The van der Waals surface area contributed by atoms with Gasteiger partial charge >= 0.3 is 0 Å². The smallest absolute Gasteiger partial charge is 0.243 e. The Bertz CT molecular complexity index is 532. The van der Waals surface area contributed by atoms with Crippen LogP contribution in [0.1, 0.15) is 25.3 Å². The summed E-state index contributed by atoms with van der Waals surface area (Å²) in [4.78, 5) is 19.6.